The van der Waals surface area contributed by atoms with E-state index in [0.29, 0.717) is 18.7 Å². The van der Waals surface area contributed by atoms with Crippen LogP contribution < -0.4 is 5.32 Å². The van der Waals surface area contributed by atoms with Gasteiger partial charge in [0, 0.05) is 37.8 Å². The molecule has 150 valence electrons. The lowest BCUT2D eigenvalue weighted by molar-refractivity contribution is 0.0927. The minimum absolute atomic E-state index is 0.160. The highest BCUT2D eigenvalue weighted by molar-refractivity contribution is 7.89. The molecule has 1 aliphatic carbocycles. The second-order valence-corrected chi connectivity index (χ2v) is 9.56. The molecule has 1 saturated heterocycles. The van der Waals surface area contributed by atoms with Crippen molar-refractivity contribution in [3.05, 3.63) is 29.3 Å². The summed E-state index contributed by atoms with van der Waals surface area (Å²) >= 11 is 0. The van der Waals surface area contributed by atoms with Crippen molar-refractivity contribution in [3.8, 4) is 0 Å². The summed E-state index contributed by atoms with van der Waals surface area (Å²) in [6, 6.07) is 5.11. The van der Waals surface area contributed by atoms with Gasteiger partial charge in [-0.05, 0) is 44.0 Å². The molecule has 0 aromatic heterocycles. The van der Waals surface area contributed by atoms with Crippen molar-refractivity contribution in [1.82, 2.24) is 14.5 Å². The zero-order chi connectivity index (χ0) is 19.4. The first-order chi connectivity index (χ1) is 12.9. The number of aryl methyl sites for hydroxylation is 1. The molecule has 0 unspecified atom stereocenters. The second-order valence-electron chi connectivity index (χ2n) is 7.62. The molecule has 1 aromatic carbocycles. The highest BCUT2D eigenvalue weighted by Crippen LogP contribution is 2.22. The van der Waals surface area contributed by atoms with E-state index >= 15 is 0 Å². The third kappa shape index (κ3) is 4.70. The number of nitrogens with zero attached hydrogens (tertiary/aromatic N) is 2. The summed E-state index contributed by atoms with van der Waals surface area (Å²) in [6.45, 7) is 7.35. The molecule has 3 rings (SSSR count). The van der Waals surface area contributed by atoms with E-state index in [-0.39, 0.29) is 16.8 Å². The summed E-state index contributed by atoms with van der Waals surface area (Å²) in [5.41, 5.74) is 1.27. The fourth-order valence-electron chi connectivity index (χ4n) is 3.95. The van der Waals surface area contributed by atoms with E-state index in [1.165, 1.54) is 10.7 Å². The van der Waals surface area contributed by atoms with Crippen LogP contribution in [0.15, 0.2) is 23.1 Å². The van der Waals surface area contributed by atoms with E-state index in [2.05, 4.69) is 17.1 Å². The molecular formula is C20H31N3O3S. The molecule has 0 atom stereocenters. The Bertz CT molecular complexity index is 765. The van der Waals surface area contributed by atoms with Gasteiger partial charge in [-0.1, -0.05) is 32.3 Å². The number of carbonyl (C=O) groups excluding carboxylic acids is 1. The van der Waals surface area contributed by atoms with Crippen LogP contribution in [0, 0.1) is 6.92 Å². The number of sulfonamides is 1. The zero-order valence-corrected chi connectivity index (χ0v) is 17.2. The Kier molecular flexibility index (Phi) is 6.55. The number of rotatable bonds is 5. The zero-order valence-electron chi connectivity index (χ0n) is 16.4. The first-order valence-corrected chi connectivity index (χ1v) is 11.5. The molecule has 7 heteroatoms. The summed E-state index contributed by atoms with van der Waals surface area (Å²) in [6.07, 6.45) is 5.52. The largest absolute Gasteiger partial charge is 0.349 e. The predicted octanol–water partition coefficient (Wildman–Crippen LogP) is 2.38. The lowest BCUT2D eigenvalue weighted by Crippen LogP contribution is -2.48. The van der Waals surface area contributed by atoms with Crippen LogP contribution in [0.1, 0.15) is 54.9 Å². The van der Waals surface area contributed by atoms with Crippen LogP contribution in [-0.4, -0.2) is 62.3 Å². The minimum Gasteiger partial charge on any atom is -0.349 e. The van der Waals surface area contributed by atoms with Gasteiger partial charge in [0.15, 0.2) is 0 Å². The number of piperazine rings is 1. The summed E-state index contributed by atoms with van der Waals surface area (Å²) in [5.74, 6) is -0.160. The van der Waals surface area contributed by atoms with Gasteiger partial charge in [0.2, 0.25) is 10.0 Å². The Labute approximate surface area is 163 Å². The second kappa shape index (κ2) is 8.71. The molecule has 27 heavy (non-hydrogen) atoms. The summed E-state index contributed by atoms with van der Waals surface area (Å²) in [5, 5.41) is 3.09. The molecule has 0 spiro atoms. The van der Waals surface area contributed by atoms with Gasteiger partial charge >= 0.3 is 0 Å². The first kappa shape index (κ1) is 20.3. The van der Waals surface area contributed by atoms with Crippen molar-refractivity contribution < 1.29 is 13.2 Å². The smallest absolute Gasteiger partial charge is 0.251 e. The molecule has 1 heterocycles. The molecule has 0 bridgehead atoms. The summed E-state index contributed by atoms with van der Waals surface area (Å²) in [4.78, 5) is 15.2. The van der Waals surface area contributed by atoms with Crippen LogP contribution in [0.3, 0.4) is 0 Å². The Morgan fingerprint density at radius 1 is 1.11 bits per heavy atom. The summed E-state index contributed by atoms with van der Waals surface area (Å²) < 4.78 is 27.6. The maximum Gasteiger partial charge on any atom is 0.251 e. The molecular weight excluding hydrogens is 362 g/mol. The van der Waals surface area contributed by atoms with Gasteiger partial charge in [0.05, 0.1) is 4.90 Å². The van der Waals surface area contributed by atoms with Gasteiger partial charge in [-0.3, -0.25) is 4.79 Å². The van der Waals surface area contributed by atoms with Gasteiger partial charge in [-0.25, -0.2) is 8.42 Å². The van der Waals surface area contributed by atoms with E-state index in [1.54, 1.807) is 18.2 Å². The van der Waals surface area contributed by atoms with Crippen LogP contribution in [-0.2, 0) is 10.0 Å². The SMILES string of the molecule is CCN1CCN(S(=O)(=O)c2ccc(C)c(C(=O)NC3CCCCC3)c2)CC1. The monoisotopic (exact) mass is 393 g/mol. The topological polar surface area (TPSA) is 69.7 Å². The maximum atomic E-state index is 13.0. The fourth-order valence-corrected chi connectivity index (χ4v) is 5.40. The molecule has 0 radical (unpaired) electrons. The molecule has 6 nitrogen and oxygen atoms in total. The number of amides is 1. The van der Waals surface area contributed by atoms with E-state index in [4.69, 9.17) is 0 Å². The van der Waals surface area contributed by atoms with Gasteiger partial charge < -0.3 is 10.2 Å². The molecule has 1 N–H and O–H groups in total. The highest BCUT2D eigenvalue weighted by atomic mass is 32.2. The molecule has 1 saturated carbocycles. The molecule has 1 aromatic rings. The standard InChI is InChI=1S/C20H31N3O3S/c1-3-22-11-13-23(14-12-22)27(25,26)18-10-9-16(2)19(15-18)20(24)21-17-7-5-4-6-8-17/h9-10,15,17H,3-8,11-14H2,1-2H3,(H,21,24). The predicted molar refractivity (Wildman–Crippen MR) is 106 cm³/mol. The third-order valence-corrected chi connectivity index (χ3v) is 7.70. The van der Waals surface area contributed by atoms with E-state index in [9.17, 15) is 13.2 Å². The van der Waals surface area contributed by atoms with E-state index in [0.717, 1.165) is 50.9 Å². The normalized spacial score (nSPS) is 20.5. The Morgan fingerprint density at radius 3 is 2.41 bits per heavy atom. The summed E-state index contributed by atoms with van der Waals surface area (Å²) in [7, 11) is -3.57. The Hall–Kier alpha value is -1.44. The quantitative estimate of drug-likeness (QED) is 0.834. The number of carbonyl (C=O) groups is 1. The Balaban J connectivity index is 1.76. The number of nitrogens with one attached hydrogen (secondary N) is 1. The van der Waals surface area contributed by atoms with Crippen LogP contribution in [0.5, 0.6) is 0 Å². The average Bonchev–Trinajstić information content (AvgIpc) is 2.69. The average molecular weight is 394 g/mol. The van der Waals surface area contributed by atoms with Crippen LogP contribution in [0.2, 0.25) is 0 Å². The number of hydrogen-bond acceptors (Lipinski definition) is 4. The minimum atomic E-state index is -3.57. The molecule has 2 fully saturated rings. The van der Waals surface area contributed by atoms with Crippen LogP contribution in [0.4, 0.5) is 0 Å². The molecule has 1 aliphatic heterocycles. The van der Waals surface area contributed by atoms with Crippen molar-refractivity contribution >= 4 is 15.9 Å². The van der Waals surface area contributed by atoms with Crippen LogP contribution >= 0.6 is 0 Å². The first-order valence-electron chi connectivity index (χ1n) is 10.1. The van der Waals surface area contributed by atoms with Gasteiger partial charge in [0.1, 0.15) is 0 Å². The Morgan fingerprint density at radius 2 is 1.78 bits per heavy atom. The van der Waals surface area contributed by atoms with Crippen molar-refractivity contribution in [2.45, 2.75) is 56.9 Å². The van der Waals surface area contributed by atoms with Crippen molar-refractivity contribution in [3.63, 3.8) is 0 Å². The lowest BCUT2D eigenvalue weighted by Gasteiger charge is -2.33. The van der Waals surface area contributed by atoms with Gasteiger partial charge in [-0.2, -0.15) is 4.31 Å². The maximum absolute atomic E-state index is 13.0. The third-order valence-electron chi connectivity index (χ3n) is 5.81. The van der Waals surface area contributed by atoms with E-state index in [1.807, 2.05) is 6.92 Å². The van der Waals surface area contributed by atoms with Crippen molar-refractivity contribution in [2.75, 3.05) is 32.7 Å². The van der Waals surface area contributed by atoms with Crippen molar-refractivity contribution in [2.24, 2.45) is 0 Å². The lowest BCUT2D eigenvalue weighted by atomic mass is 9.95. The molecule has 2 aliphatic rings. The van der Waals surface area contributed by atoms with Crippen LogP contribution in [0.25, 0.3) is 0 Å². The van der Waals surface area contributed by atoms with E-state index < -0.39 is 10.0 Å². The molecule has 1 amide bonds. The fraction of sp³-hybridized carbons (Fsp3) is 0.650. The van der Waals surface area contributed by atoms with Gasteiger partial charge in [-0.15, -0.1) is 0 Å². The van der Waals surface area contributed by atoms with Gasteiger partial charge in [0.25, 0.3) is 5.91 Å². The van der Waals surface area contributed by atoms with Crippen molar-refractivity contribution in [1.29, 1.82) is 0 Å². The number of benzene rings is 1. The highest BCUT2D eigenvalue weighted by Gasteiger charge is 2.29. The number of likely N-dealkylation sites (N-methyl/N-ethyl adjacent to an activating group) is 1. The number of hydrogen-bond donors (Lipinski definition) is 1.